The van der Waals surface area contributed by atoms with Crippen molar-refractivity contribution < 1.29 is 14.6 Å². The van der Waals surface area contributed by atoms with Gasteiger partial charge in [0.2, 0.25) is 0 Å². The topological polar surface area (TPSA) is 76.7 Å². The molecule has 0 fully saturated rings. The van der Waals surface area contributed by atoms with Gasteiger partial charge in [-0.3, -0.25) is 0 Å². The highest BCUT2D eigenvalue weighted by molar-refractivity contribution is 4.46. The second-order valence-electron chi connectivity index (χ2n) is 2.53. The number of hydrogen-bond donors (Lipinski definition) is 3. The van der Waals surface area contributed by atoms with Gasteiger partial charge in [0.1, 0.15) is 0 Å². The van der Waals surface area contributed by atoms with Crippen LogP contribution in [-0.4, -0.2) is 50.9 Å². The van der Waals surface area contributed by atoms with Crippen molar-refractivity contribution in [3.05, 3.63) is 0 Å². The summed E-state index contributed by atoms with van der Waals surface area (Å²) >= 11 is 0. The van der Waals surface area contributed by atoms with Crippen molar-refractivity contribution >= 4 is 0 Å². The minimum atomic E-state index is -0.749. The SMILES string of the molecule is CCNCC(O)OCCOCCN. The van der Waals surface area contributed by atoms with Crippen molar-refractivity contribution in [2.24, 2.45) is 5.73 Å². The van der Waals surface area contributed by atoms with E-state index in [1.165, 1.54) is 0 Å². The van der Waals surface area contributed by atoms with E-state index in [-0.39, 0.29) is 0 Å². The summed E-state index contributed by atoms with van der Waals surface area (Å²) in [5.74, 6) is 0. The summed E-state index contributed by atoms with van der Waals surface area (Å²) in [6.07, 6.45) is -0.749. The summed E-state index contributed by atoms with van der Waals surface area (Å²) in [6.45, 7) is 5.16. The molecule has 0 saturated heterocycles. The molecule has 0 heterocycles. The van der Waals surface area contributed by atoms with Crippen molar-refractivity contribution in [1.82, 2.24) is 5.32 Å². The number of rotatable bonds is 9. The van der Waals surface area contributed by atoms with E-state index in [4.69, 9.17) is 15.2 Å². The lowest BCUT2D eigenvalue weighted by molar-refractivity contribution is -0.108. The number of nitrogens with two attached hydrogens (primary N) is 1. The Bertz CT molecular complexity index is 103. The smallest absolute Gasteiger partial charge is 0.167 e. The van der Waals surface area contributed by atoms with Gasteiger partial charge < -0.3 is 25.6 Å². The molecule has 5 heteroatoms. The average molecular weight is 192 g/mol. The minimum absolute atomic E-state index is 0.395. The first-order valence-electron chi connectivity index (χ1n) is 4.59. The second-order valence-corrected chi connectivity index (χ2v) is 2.53. The van der Waals surface area contributed by atoms with Crippen LogP contribution in [0.1, 0.15) is 6.92 Å². The number of likely N-dealkylation sites (N-methyl/N-ethyl adjacent to an activating group) is 1. The lowest BCUT2D eigenvalue weighted by atomic mass is 10.6. The van der Waals surface area contributed by atoms with Gasteiger partial charge in [-0.05, 0) is 6.54 Å². The van der Waals surface area contributed by atoms with Gasteiger partial charge in [-0.1, -0.05) is 6.92 Å². The third-order valence-electron chi connectivity index (χ3n) is 1.37. The van der Waals surface area contributed by atoms with E-state index in [2.05, 4.69) is 5.32 Å². The lowest BCUT2D eigenvalue weighted by Crippen LogP contribution is -2.29. The average Bonchev–Trinajstić information content (AvgIpc) is 2.14. The maximum absolute atomic E-state index is 9.17. The highest BCUT2D eigenvalue weighted by Crippen LogP contribution is 1.85. The first-order valence-corrected chi connectivity index (χ1v) is 4.59. The van der Waals surface area contributed by atoms with Gasteiger partial charge in [0.05, 0.1) is 19.8 Å². The summed E-state index contributed by atoms with van der Waals surface area (Å²) in [6, 6.07) is 0. The lowest BCUT2D eigenvalue weighted by Gasteiger charge is -2.11. The molecule has 0 aliphatic rings. The van der Waals surface area contributed by atoms with Crippen LogP contribution < -0.4 is 11.1 Å². The van der Waals surface area contributed by atoms with Gasteiger partial charge >= 0.3 is 0 Å². The Morgan fingerprint density at radius 1 is 1.38 bits per heavy atom. The molecule has 5 nitrogen and oxygen atoms in total. The summed E-state index contributed by atoms with van der Waals surface area (Å²) in [7, 11) is 0. The molecule has 13 heavy (non-hydrogen) atoms. The molecule has 0 aliphatic carbocycles. The molecule has 0 spiro atoms. The molecule has 0 rings (SSSR count). The van der Waals surface area contributed by atoms with Crippen LogP contribution in [0.4, 0.5) is 0 Å². The molecule has 0 saturated carbocycles. The van der Waals surface area contributed by atoms with Crippen LogP contribution in [0.25, 0.3) is 0 Å². The Kier molecular flexibility index (Phi) is 9.73. The van der Waals surface area contributed by atoms with Crippen molar-refractivity contribution in [2.75, 3.05) is 39.5 Å². The first-order chi connectivity index (χ1) is 6.31. The van der Waals surface area contributed by atoms with Crippen molar-refractivity contribution in [3.8, 4) is 0 Å². The van der Waals surface area contributed by atoms with Crippen LogP contribution >= 0.6 is 0 Å². The fourth-order valence-electron chi connectivity index (χ4n) is 0.755. The molecule has 1 atom stereocenters. The molecule has 1 unspecified atom stereocenters. The van der Waals surface area contributed by atoms with Crippen LogP contribution in [0, 0.1) is 0 Å². The summed E-state index contributed by atoms with van der Waals surface area (Å²) in [5.41, 5.74) is 5.21. The number of aliphatic hydroxyl groups excluding tert-OH is 1. The second kappa shape index (κ2) is 9.88. The Balaban J connectivity index is 3.03. The maximum atomic E-state index is 9.17. The van der Waals surface area contributed by atoms with E-state index in [0.29, 0.717) is 32.9 Å². The van der Waals surface area contributed by atoms with Crippen molar-refractivity contribution in [1.29, 1.82) is 0 Å². The van der Waals surface area contributed by atoms with Gasteiger partial charge in [0.25, 0.3) is 0 Å². The monoisotopic (exact) mass is 192 g/mol. The first kappa shape index (κ1) is 12.8. The highest BCUT2D eigenvalue weighted by Gasteiger charge is 2.01. The molecule has 0 aliphatic heterocycles. The summed E-state index contributed by atoms with van der Waals surface area (Å²) in [5, 5.41) is 12.1. The third kappa shape index (κ3) is 9.72. The zero-order chi connectivity index (χ0) is 9.94. The van der Waals surface area contributed by atoms with E-state index in [9.17, 15) is 5.11 Å². The quantitative estimate of drug-likeness (QED) is 0.319. The molecule has 0 aromatic rings. The fourth-order valence-corrected chi connectivity index (χ4v) is 0.755. The molecule has 0 radical (unpaired) electrons. The van der Waals surface area contributed by atoms with Gasteiger partial charge in [0, 0.05) is 13.1 Å². The normalized spacial score (nSPS) is 13.2. The number of aliphatic hydroxyl groups is 1. The number of hydrogen-bond acceptors (Lipinski definition) is 5. The predicted molar refractivity (Wildman–Crippen MR) is 50.4 cm³/mol. The Morgan fingerprint density at radius 2 is 2.15 bits per heavy atom. The van der Waals surface area contributed by atoms with E-state index in [1.54, 1.807) is 0 Å². The van der Waals surface area contributed by atoms with Crippen molar-refractivity contribution in [2.45, 2.75) is 13.2 Å². The van der Waals surface area contributed by atoms with Crippen molar-refractivity contribution in [3.63, 3.8) is 0 Å². The molecule has 0 amide bonds. The van der Waals surface area contributed by atoms with E-state index >= 15 is 0 Å². The molecule has 0 aromatic carbocycles. The van der Waals surface area contributed by atoms with E-state index in [1.807, 2.05) is 6.92 Å². The standard InChI is InChI=1S/C8H20N2O3/c1-2-10-7-8(11)13-6-5-12-4-3-9/h8,10-11H,2-7,9H2,1H3. The number of ether oxygens (including phenoxy) is 2. The fraction of sp³-hybridized carbons (Fsp3) is 1.00. The van der Waals surface area contributed by atoms with Crippen LogP contribution in [-0.2, 0) is 9.47 Å². The van der Waals surface area contributed by atoms with Gasteiger partial charge in [0.15, 0.2) is 6.29 Å². The minimum Gasteiger partial charge on any atom is -0.378 e. The Hall–Kier alpha value is -0.200. The zero-order valence-corrected chi connectivity index (χ0v) is 8.16. The molecule has 80 valence electrons. The van der Waals surface area contributed by atoms with Gasteiger partial charge in [-0.2, -0.15) is 0 Å². The largest absolute Gasteiger partial charge is 0.378 e. The molecular formula is C8H20N2O3. The van der Waals surface area contributed by atoms with Gasteiger partial charge in [-0.25, -0.2) is 0 Å². The Morgan fingerprint density at radius 3 is 2.77 bits per heavy atom. The predicted octanol–water partition coefficient (Wildman–Crippen LogP) is -1.09. The van der Waals surface area contributed by atoms with Crippen LogP contribution in [0.2, 0.25) is 0 Å². The molecule has 0 bridgehead atoms. The third-order valence-corrected chi connectivity index (χ3v) is 1.37. The highest BCUT2D eigenvalue weighted by atomic mass is 16.6. The number of nitrogens with one attached hydrogen (secondary N) is 1. The van der Waals surface area contributed by atoms with E-state index < -0.39 is 6.29 Å². The van der Waals surface area contributed by atoms with Crippen LogP contribution in [0.3, 0.4) is 0 Å². The van der Waals surface area contributed by atoms with Crippen LogP contribution in [0.5, 0.6) is 0 Å². The van der Waals surface area contributed by atoms with Crippen LogP contribution in [0.15, 0.2) is 0 Å². The zero-order valence-electron chi connectivity index (χ0n) is 8.16. The van der Waals surface area contributed by atoms with Gasteiger partial charge in [-0.15, -0.1) is 0 Å². The Labute approximate surface area is 79.2 Å². The summed E-state index contributed by atoms with van der Waals surface area (Å²) < 4.78 is 10.1. The maximum Gasteiger partial charge on any atom is 0.167 e. The van der Waals surface area contributed by atoms with E-state index in [0.717, 1.165) is 6.54 Å². The molecule has 0 aromatic heterocycles. The molecular weight excluding hydrogens is 172 g/mol. The molecule has 4 N–H and O–H groups in total. The summed E-state index contributed by atoms with van der Waals surface area (Å²) in [4.78, 5) is 0.